The fourth-order valence-electron chi connectivity index (χ4n) is 2.04. The van der Waals surface area contributed by atoms with Crippen LogP contribution in [0.2, 0.25) is 0 Å². The molecule has 0 fully saturated rings. The summed E-state index contributed by atoms with van der Waals surface area (Å²) < 4.78 is 6.44. The van der Waals surface area contributed by atoms with Crippen molar-refractivity contribution in [1.29, 1.82) is 0 Å². The molecule has 1 aromatic rings. The molecule has 1 rings (SSSR count). The fourth-order valence-corrected chi connectivity index (χ4v) is 2.51. The number of aliphatic hydroxyl groups is 1. The highest BCUT2D eigenvalue weighted by atomic mass is 79.9. The van der Waals surface area contributed by atoms with Gasteiger partial charge in [0, 0.05) is 11.0 Å². The third-order valence-electron chi connectivity index (χ3n) is 2.88. The monoisotopic (exact) mass is 286 g/mol. The smallest absolute Gasteiger partial charge is 0.137 e. The SMILES string of the molecule is COc1c(Br)c(C)cc(C)c1C(C)(C)CO. The van der Waals surface area contributed by atoms with Gasteiger partial charge in [-0.05, 0) is 40.9 Å². The molecule has 0 aliphatic heterocycles. The Bertz CT molecular complexity index is 397. The third kappa shape index (κ3) is 2.25. The van der Waals surface area contributed by atoms with Crippen LogP contribution >= 0.6 is 15.9 Å². The Morgan fingerprint density at radius 3 is 2.31 bits per heavy atom. The first-order valence-electron chi connectivity index (χ1n) is 5.30. The number of halogens is 1. The van der Waals surface area contributed by atoms with Crippen molar-refractivity contribution in [3.63, 3.8) is 0 Å². The molecule has 0 aliphatic rings. The molecule has 0 saturated carbocycles. The van der Waals surface area contributed by atoms with Crippen molar-refractivity contribution in [3.8, 4) is 5.75 Å². The molecule has 0 aliphatic carbocycles. The minimum atomic E-state index is -0.300. The largest absolute Gasteiger partial charge is 0.495 e. The number of ether oxygens (including phenoxy) is 1. The van der Waals surface area contributed by atoms with Gasteiger partial charge < -0.3 is 9.84 Å². The van der Waals surface area contributed by atoms with E-state index in [4.69, 9.17) is 4.74 Å². The van der Waals surface area contributed by atoms with Gasteiger partial charge in [-0.1, -0.05) is 19.9 Å². The van der Waals surface area contributed by atoms with Crippen molar-refractivity contribution in [2.75, 3.05) is 13.7 Å². The van der Waals surface area contributed by atoms with Crippen LogP contribution in [0.3, 0.4) is 0 Å². The van der Waals surface area contributed by atoms with E-state index in [-0.39, 0.29) is 12.0 Å². The zero-order valence-corrected chi connectivity index (χ0v) is 12.1. The lowest BCUT2D eigenvalue weighted by atomic mass is 9.81. The van der Waals surface area contributed by atoms with Crippen LogP contribution in [0, 0.1) is 13.8 Å². The van der Waals surface area contributed by atoms with E-state index in [0.717, 1.165) is 26.9 Å². The molecule has 0 bridgehead atoms. The number of rotatable bonds is 3. The highest BCUT2D eigenvalue weighted by Crippen LogP contribution is 2.40. The first-order chi connectivity index (χ1) is 7.35. The molecule has 3 heteroatoms. The van der Waals surface area contributed by atoms with Crippen molar-refractivity contribution in [2.24, 2.45) is 0 Å². The van der Waals surface area contributed by atoms with Crippen LogP contribution < -0.4 is 4.74 Å². The molecule has 0 radical (unpaired) electrons. The maximum Gasteiger partial charge on any atom is 0.137 e. The minimum Gasteiger partial charge on any atom is -0.495 e. The van der Waals surface area contributed by atoms with Crippen LogP contribution in [0.5, 0.6) is 5.75 Å². The number of hydrogen-bond acceptors (Lipinski definition) is 2. The van der Waals surface area contributed by atoms with Crippen molar-refractivity contribution in [1.82, 2.24) is 0 Å². The second-order valence-corrected chi connectivity index (χ2v) is 5.57. The van der Waals surface area contributed by atoms with Gasteiger partial charge in [0.15, 0.2) is 0 Å². The Morgan fingerprint density at radius 2 is 1.88 bits per heavy atom. The van der Waals surface area contributed by atoms with E-state index in [2.05, 4.69) is 28.9 Å². The number of aliphatic hydroxyl groups excluding tert-OH is 1. The van der Waals surface area contributed by atoms with Gasteiger partial charge in [0.2, 0.25) is 0 Å². The van der Waals surface area contributed by atoms with Gasteiger partial charge in [-0.25, -0.2) is 0 Å². The predicted octanol–water partition coefficient (Wildman–Crippen LogP) is 3.34. The molecule has 0 aromatic heterocycles. The van der Waals surface area contributed by atoms with E-state index < -0.39 is 0 Å². The fraction of sp³-hybridized carbons (Fsp3) is 0.538. The maximum atomic E-state index is 9.48. The Balaban J connectivity index is 3.55. The summed E-state index contributed by atoms with van der Waals surface area (Å²) in [7, 11) is 1.66. The standard InChI is InChI=1S/C13H19BrO2/c1-8-6-9(2)11(14)12(16-5)10(8)13(3,4)7-15/h6,15H,7H2,1-5H3. The highest BCUT2D eigenvalue weighted by molar-refractivity contribution is 9.10. The molecule has 16 heavy (non-hydrogen) atoms. The average Bonchev–Trinajstić information content (AvgIpc) is 2.22. The molecule has 0 atom stereocenters. The summed E-state index contributed by atoms with van der Waals surface area (Å²) in [5, 5.41) is 9.48. The number of benzene rings is 1. The summed E-state index contributed by atoms with van der Waals surface area (Å²) in [6.07, 6.45) is 0. The first kappa shape index (κ1) is 13.5. The lowest BCUT2D eigenvalue weighted by molar-refractivity contribution is 0.214. The van der Waals surface area contributed by atoms with Gasteiger partial charge in [-0.15, -0.1) is 0 Å². The van der Waals surface area contributed by atoms with Crippen molar-refractivity contribution in [3.05, 3.63) is 27.2 Å². The topological polar surface area (TPSA) is 29.5 Å². The molecule has 0 heterocycles. The van der Waals surface area contributed by atoms with Crippen LogP contribution in [-0.4, -0.2) is 18.8 Å². The van der Waals surface area contributed by atoms with E-state index in [1.54, 1.807) is 7.11 Å². The minimum absolute atomic E-state index is 0.0969. The normalized spacial score (nSPS) is 11.7. The van der Waals surface area contributed by atoms with Gasteiger partial charge in [-0.3, -0.25) is 0 Å². The first-order valence-corrected chi connectivity index (χ1v) is 6.09. The van der Waals surface area contributed by atoms with Crippen LogP contribution in [0.25, 0.3) is 0 Å². The lowest BCUT2D eigenvalue weighted by Crippen LogP contribution is -2.24. The molecule has 0 unspecified atom stereocenters. The third-order valence-corrected chi connectivity index (χ3v) is 3.86. The average molecular weight is 287 g/mol. The molecule has 1 N–H and O–H groups in total. The quantitative estimate of drug-likeness (QED) is 0.924. The van der Waals surface area contributed by atoms with Gasteiger partial charge in [0.05, 0.1) is 18.2 Å². The number of aryl methyl sites for hydroxylation is 2. The van der Waals surface area contributed by atoms with Gasteiger partial charge in [0.25, 0.3) is 0 Å². The van der Waals surface area contributed by atoms with Crippen LogP contribution in [0.15, 0.2) is 10.5 Å². The molecule has 0 spiro atoms. The molecule has 0 amide bonds. The zero-order chi connectivity index (χ0) is 12.5. The van der Waals surface area contributed by atoms with Gasteiger partial charge >= 0.3 is 0 Å². The van der Waals surface area contributed by atoms with Crippen molar-refractivity contribution < 1.29 is 9.84 Å². The summed E-state index contributed by atoms with van der Waals surface area (Å²) in [5.41, 5.74) is 3.06. The second-order valence-electron chi connectivity index (χ2n) is 4.77. The van der Waals surface area contributed by atoms with Gasteiger partial charge in [-0.2, -0.15) is 0 Å². The van der Waals surface area contributed by atoms with Crippen molar-refractivity contribution in [2.45, 2.75) is 33.1 Å². The predicted molar refractivity (Wildman–Crippen MR) is 70.3 cm³/mol. The van der Waals surface area contributed by atoms with Gasteiger partial charge in [0.1, 0.15) is 5.75 Å². The second kappa shape index (κ2) is 4.76. The Kier molecular flexibility index (Phi) is 4.02. The summed E-state index contributed by atoms with van der Waals surface area (Å²) >= 11 is 3.54. The number of methoxy groups -OCH3 is 1. The van der Waals surface area contributed by atoms with Crippen LogP contribution in [-0.2, 0) is 5.41 Å². The molecular weight excluding hydrogens is 268 g/mol. The summed E-state index contributed by atoms with van der Waals surface area (Å²) in [6, 6.07) is 2.11. The van der Waals surface area contributed by atoms with E-state index in [0.29, 0.717) is 0 Å². The molecule has 2 nitrogen and oxygen atoms in total. The molecule has 0 saturated heterocycles. The summed E-state index contributed by atoms with van der Waals surface area (Å²) in [5.74, 6) is 0.830. The maximum absolute atomic E-state index is 9.48. The zero-order valence-electron chi connectivity index (χ0n) is 10.5. The lowest BCUT2D eigenvalue weighted by Gasteiger charge is -2.28. The molecular formula is C13H19BrO2. The molecule has 1 aromatic carbocycles. The summed E-state index contributed by atoms with van der Waals surface area (Å²) in [4.78, 5) is 0. The Morgan fingerprint density at radius 1 is 1.31 bits per heavy atom. The van der Waals surface area contributed by atoms with E-state index in [1.165, 1.54) is 0 Å². The summed E-state index contributed by atoms with van der Waals surface area (Å²) in [6.45, 7) is 8.21. The van der Waals surface area contributed by atoms with E-state index >= 15 is 0 Å². The van der Waals surface area contributed by atoms with E-state index in [1.807, 2.05) is 20.8 Å². The van der Waals surface area contributed by atoms with Crippen LogP contribution in [0.4, 0.5) is 0 Å². The van der Waals surface area contributed by atoms with E-state index in [9.17, 15) is 5.11 Å². The number of hydrogen-bond donors (Lipinski definition) is 1. The Hall–Kier alpha value is -0.540. The molecule has 90 valence electrons. The van der Waals surface area contributed by atoms with Crippen LogP contribution in [0.1, 0.15) is 30.5 Å². The van der Waals surface area contributed by atoms with Crippen molar-refractivity contribution >= 4 is 15.9 Å². The Labute approximate surface area is 106 Å². The highest BCUT2D eigenvalue weighted by Gasteiger charge is 2.27.